The third-order valence-corrected chi connectivity index (χ3v) is 4.47. The average Bonchev–Trinajstić information content (AvgIpc) is 2.77. The van der Waals surface area contributed by atoms with E-state index in [1.807, 2.05) is 26.0 Å². The lowest BCUT2D eigenvalue weighted by Crippen LogP contribution is -2.07. The summed E-state index contributed by atoms with van der Waals surface area (Å²) in [6.07, 6.45) is 0.716. The zero-order valence-corrected chi connectivity index (χ0v) is 13.3. The topological polar surface area (TPSA) is 64.8 Å². The van der Waals surface area contributed by atoms with E-state index in [0.29, 0.717) is 29.4 Å². The van der Waals surface area contributed by atoms with Crippen molar-refractivity contribution in [1.29, 1.82) is 0 Å². The van der Waals surface area contributed by atoms with Gasteiger partial charge in [-0.15, -0.1) is 10.2 Å². The van der Waals surface area contributed by atoms with E-state index in [1.54, 1.807) is 6.07 Å². The van der Waals surface area contributed by atoms with E-state index in [9.17, 15) is 8.42 Å². The monoisotopic (exact) mass is 333 g/mol. The summed E-state index contributed by atoms with van der Waals surface area (Å²) in [7, 11) is 1.44. The van der Waals surface area contributed by atoms with E-state index in [0.717, 1.165) is 5.56 Å². The standard InChI is InChI=1S/C12H13Cl2N3O2S/c1-3-7-17-11(15-16-12(17)20(14,18)19)9-6-4-5-8(2)10(9)13/h4-6H,3,7H2,1-2H3. The Hall–Kier alpha value is -1.11. The number of aromatic nitrogens is 3. The van der Waals surface area contributed by atoms with Crippen molar-refractivity contribution in [1.82, 2.24) is 14.8 Å². The van der Waals surface area contributed by atoms with E-state index in [4.69, 9.17) is 22.3 Å². The van der Waals surface area contributed by atoms with Crippen molar-refractivity contribution >= 4 is 31.3 Å². The van der Waals surface area contributed by atoms with Gasteiger partial charge in [0, 0.05) is 22.8 Å². The quantitative estimate of drug-likeness (QED) is 0.805. The Morgan fingerprint density at radius 3 is 2.60 bits per heavy atom. The fourth-order valence-corrected chi connectivity index (χ4v) is 3.05. The molecule has 0 atom stereocenters. The van der Waals surface area contributed by atoms with Crippen LogP contribution in [-0.4, -0.2) is 23.2 Å². The van der Waals surface area contributed by atoms with Crippen molar-refractivity contribution in [3.63, 3.8) is 0 Å². The van der Waals surface area contributed by atoms with Gasteiger partial charge in [0.2, 0.25) is 0 Å². The van der Waals surface area contributed by atoms with E-state index in [-0.39, 0.29) is 5.16 Å². The molecule has 0 N–H and O–H groups in total. The second kappa shape index (κ2) is 5.71. The molecule has 0 aliphatic carbocycles. The highest BCUT2D eigenvalue weighted by atomic mass is 35.7. The van der Waals surface area contributed by atoms with Gasteiger partial charge in [-0.3, -0.25) is 4.57 Å². The van der Waals surface area contributed by atoms with Crippen LogP contribution in [0.2, 0.25) is 5.02 Å². The van der Waals surface area contributed by atoms with Crippen LogP contribution in [0.15, 0.2) is 23.4 Å². The van der Waals surface area contributed by atoms with Crippen LogP contribution in [0.4, 0.5) is 0 Å². The van der Waals surface area contributed by atoms with Crippen molar-refractivity contribution in [2.75, 3.05) is 0 Å². The Balaban J connectivity index is 2.69. The fraction of sp³-hybridized carbons (Fsp3) is 0.333. The highest BCUT2D eigenvalue weighted by Crippen LogP contribution is 2.31. The Morgan fingerprint density at radius 2 is 2.00 bits per heavy atom. The molecule has 20 heavy (non-hydrogen) atoms. The first-order chi connectivity index (χ1) is 9.36. The van der Waals surface area contributed by atoms with Crippen molar-refractivity contribution in [2.45, 2.75) is 32.0 Å². The molecule has 8 heteroatoms. The predicted octanol–water partition coefficient (Wildman–Crippen LogP) is 3.24. The van der Waals surface area contributed by atoms with Crippen LogP contribution >= 0.6 is 22.3 Å². The highest BCUT2D eigenvalue weighted by Gasteiger charge is 2.24. The van der Waals surface area contributed by atoms with Gasteiger partial charge in [-0.05, 0) is 25.0 Å². The molecule has 0 saturated heterocycles. The van der Waals surface area contributed by atoms with Gasteiger partial charge in [0.1, 0.15) is 0 Å². The lowest BCUT2D eigenvalue weighted by molar-refractivity contribution is 0.570. The molecule has 0 radical (unpaired) electrons. The maximum absolute atomic E-state index is 11.5. The zero-order valence-electron chi connectivity index (χ0n) is 11.0. The van der Waals surface area contributed by atoms with Gasteiger partial charge >= 0.3 is 0 Å². The van der Waals surface area contributed by atoms with Gasteiger partial charge in [-0.1, -0.05) is 30.7 Å². The van der Waals surface area contributed by atoms with Gasteiger partial charge in [0.25, 0.3) is 14.2 Å². The van der Waals surface area contributed by atoms with Crippen LogP contribution in [0.5, 0.6) is 0 Å². The summed E-state index contributed by atoms with van der Waals surface area (Å²) in [5.74, 6) is 0.403. The maximum Gasteiger partial charge on any atom is 0.296 e. The van der Waals surface area contributed by atoms with Crippen molar-refractivity contribution < 1.29 is 8.42 Å². The molecular formula is C12H13Cl2N3O2S. The van der Waals surface area contributed by atoms with Gasteiger partial charge < -0.3 is 0 Å². The Labute approximate surface area is 127 Å². The van der Waals surface area contributed by atoms with Crippen molar-refractivity contribution in [3.8, 4) is 11.4 Å². The van der Waals surface area contributed by atoms with Crippen LogP contribution < -0.4 is 0 Å². The molecule has 1 heterocycles. The molecule has 0 saturated carbocycles. The number of benzene rings is 1. The largest absolute Gasteiger partial charge is 0.297 e. The molecular weight excluding hydrogens is 321 g/mol. The fourth-order valence-electron chi connectivity index (χ4n) is 1.91. The number of hydrogen-bond acceptors (Lipinski definition) is 4. The maximum atomic E-state index is 11.5. The molecule has 1 aromatic heterocycles. The third-order valence-electron chi connectivity index (χ3n) is 2.81. The van der Waals surface area contributed by atoms with Gasteiger partial charge in [-0.2, -0.15) is 0 Å². The number of aryl methyl sites for hydroxylation is 1. The lowest BCUT2D eigenvalue weighted by Gasteiger charge is -2.09. The molecule has 1 aromatic carbocycles. The Morgan fingerprint density at radius 1 is 1.30 bits per heavy atom. The van der Waals surface area contributed by atoms with E-state index < -0.39 is 9.05 Å². The molecule has 2 aromatic rings. The molecule has 5 nitrogen and oxygen atoms in total. The molecule has 0 spiro atoms. The molecule has 0 unspecified atom stereocenters. The van der Waals surface area contributed by atoms with Gasteiger partial charge in [0.05, 0.1) is 5.02 Å². The molecule has 0 aliphatic heterocycles. The van der Waals surface area contributed by atoms with Crippen molar-refractivity contribution in [2.24, 2.45) is 0 Å². The molecule has 0 aliphatic rings. The molecule has 2 rings (SSSR count). The minimum absolute atomic E-state index is 0.256. The highest BCUT2D eigenvalue weighted by molar-refractivity contribution is 8.13. The smallest absolute Gasteiger partial charge is 0.296 e. The SMILES string of the molecule is CCCn1c(-c2cccc(C)c2Cl)nnc1S(=O)(=O)Cl. The molecule has 0 fully saturated rings. The molecule has 0 amide bonds. The minimum atomic E-state index is -3.95. The molecule has 108 valence electrons. The second-order valence-corrected chi connectivity index (χ2v) is 7.17. The average molecular weight is 334 g/mol. The zero-order chi connectivity index (χ0) is 14.9. The Kier molecular flexibility index (Phi) is 4.36. The summed E-state index contributed by atoms with van der Waals surface area (Å²) in [4.78, 5) is 0. The summed E-state index contributed by atoms with van der Waals surface area (Å²) >= 11 is 6.26. The number of halogens is 2. The second-order valence-electron chi connectivity index (χ2n) is 4.33. The van der Waals surface area contributed by atoms with Crippen LogP contribution in [0.1, 0.15) is 18.9 Å². The number of rotatable bonds is 4. The van der Waals surface area contributed by atoms with Crippen LogP contribution in [0.25, 0.3) is 11.4 Å². The van der Waals surface area contributed by atoms with Crippen LogP contribution in [-0.2, 0) is 15.6 Å². The predicted molar refractivity (Wildman–Crippen MR) is 78.5 cm³/mol. The molecule has 0 bridgehead atoms. The summed E-state index contributed by atoms with van der Waals surface area (Å²) in [6.45, 7) is 4.23. The number of hydrogen-bond donors (Lipinski definition) is 0. The first-order valence-corrected chi connectivity index (χ1v) is 8.68. The lowest BCUT2D eigenvalue weighted by atomic mass is 10.1. The first-order valence-electron chi connectivity index (χ1n) is 5.99. The first kappa shape index (κ1) is 15.3. The van der Waals surface area contributed by atoms with Gasteiger partial charge in [-0.25, -0.2) is 8.42 Å². The van der Waals surface area contributed by atoms with Crippen LogP contribution in [0.3, 0.4) is 0 Å². The van der Waals surface area contributed by atoms with Gasteiger partial charge in [0.15, 0.2) is 5.82 Å². The summed E-state index contributed by atoms with van der Waals surface area (Å²) < 4.78 is 24.5. The normalized spacial score (nSPS) is 11.8. The van der Waals surface area contributed by atoms with Crippen molar-refractivity contribution in [3.05, 3.63) is 28.8 Å². The minimum Gasteiger partial charge on any atom is -0.297 e. The summed E-state index contributed by atoms with van der Waals surface area (Å²) in [5, 5.41) is 7.89. The van der Waals surface area contributed by atoms with E-state index in [2.05, 4.69) is 10.2 Å². The Bertz CT molecular complexity index is 741. The number of nitrogens with zero attached hydrogens (tertiary/aromatic N) is 3. The van der Waals surface area contributed by atoms with E-state index >= 15 is 0 Å². The van der Waals surface area contributed by atoms with E-state index in [1.165, 1.54) is 4.57 Å². The van der Waals surface area contributed by atoms with Crippen LogP contribution in [0, 0.1) is 6.92 Å². The summed E-state index contributed by atoms with van der Waals surface area (Å²) in [6, 6.07) is 5.47. The third kappa shape index (κ3) is 2.82. The summed E-state index contributed by atoms with van der Waals surface area (Å²) in [5.41, 5.74) is 1.52.